The summed E-state index contributed by atoms with van der Waals surface area (Å²) in [7, 11) is 4.37. The van der Waals surface area contributed by atoms with Gasteiger partial charge in [0.15, 0.2) is 0 Å². The third kappa shape index (κ3) is 3.08. The highest BCUT2D eigenvalue weighted by Gasteiger charge is 2.34. The minimum Gasteiger partial charge on any atom is -0.370 e. The minimum absolute atomic E-state index is 0.247. The van der Waals surface area contributed by atoms with Crippen LogP contribution in [0.25, 0.3) is 0 Å². The molecule has 0 N–H and O–H groups in total. The predicted octanol–water partition coefficient (Wildman–Crippen LogP) is 2.95. The second-order valence-electron chi connectivity index (χ2n) is 6.49. The summed E-state index contributed by atoms with van der Waals surface area (Å²) in [5.41, 5.74) is 2.60. The van der Waals surface area contributed by atoms with E-state index in [1.165, 1.54) is 18.5 Å². The fourth-order valence-electron chi connectivity index (χ4n) is 2.80. The largest absolute Gasteiger partial charge is 0.370 e. The topological polar surface area (TPSA) is 19.4 Å². The molecule has 1 aromatic heterocycles. The van der Waals surface area contributed by atoms with Crippen LogP contribution in [0.3, 0.4) is 0 Å². The first kappa shape index (κ1) is 14.3. The van der Waals surface area contributed by atoms with Gasteiger partial charge in [0.1, 0.15) is 0 Å². The van der Waals surface area contributed by atoms with Gasteiger partial charge in [-0.2, -0.15) is 0 Å². The van der Waals surface area contributed by atoms with Crippen LogP contribution in [-0.4, -0.2) is 42.6 Å². The molecule has 0 aromatic carbocycles. The predicted molar refractivity (Wildman–Crippen MR) is 81.7 cm³/mol. The molecule has 19 heavy (non-hydrogen) atoms. The molecule has 1 aliphatic heterocycles. The van der Waals surface area contributed by atoms with Crippen molar-refractivity contribution in [3.05, 3.63) is 24.0 Å². The Morgan fingerprint density at radius 2 is 2.05 bits per heavy atom. The maximum Gasteiger partial charge on any atom is 0.0553 e. The zero-order valence-electron chi connectivity index (χ0n) is 13.0. The first-order valence-electron chi connectivity index (χ1n) is 7.26. The molecule has 0 radical (unpaired) electrons. The third-order valence-electron chi connectivity index (χ3n) is 4.83. The van der Waals surface area contributed by atoms with Crippen molar-refractivity contribution in [1.82, 2.24) is 9.88 Å². The van der Waals surface area contributed by atoms with E-state index in [-0.39, 0.29) is 5.54 Å². The van der Waals surface area contributed by atoms with E-state index in [1.54, 1.807) is 0 Å². The normalized spacial score (nSPS) is 20.9. The Labute approximate surface area is 117 Å². The van der Waals surface area contributed by atoms with Gasteiger partial charge in [0.2, 0.25) is 0 Å². The molecule has 3 nitrogen and oxygen atoms in total. The Morgan fingerprint density at radius 1 is 1.32 bits per heavy atom. The molecule has 0 bridgehead atoms. The van der Waals surface area contributed by atoms with E-state index in [1.807, 2.05) is 13.1 Å². The molecule has 0 saturated carbocycles. The molecule has 0 spiro atoms. The first-order chi connectivity index (χ1) is 8.91. The molecule has 2 rings (SSSR count). The Bertz CT molecular complexity index is 409. The van der Waals surface area contributed by atoms with Crippen LogP contribution in [0.5, 0.6) is 0 Å². The first-order valence-corrected chi connectivity index (χ1v) is 7.26. The molecule has 1 aliphatic rings. The van der Waals surface area contributed by atoms with Crippen LogP contribution in [0.15, 0.2) is 18.3 Å². The van der Waals surface area contributed by atoms with E-state index in [4.69, 9.17) is 0 Å². The van der Waals surface area contributed by atoms with E-state index < -0.39 is 0 Å². The summed E-state index contributed by atoms with van der Waals surface area (Å²) < 4.78 is 0. The van der Waals surface area contributed by atoms with Gasteiger partial charge in [-0.15, -0.1) is 0 Å². The average Bonchev–Trinajstić information content (AvgIpc) is 2.39. The van der Waals surface area contributed by atoms with Crippen molar-refractivity contribution < 1.29 is 0 Å². The van der Waals surface area contributed by atoms with Gasteiger partial charge >= 0.3 is 0 Å². The fraction of sp³-hybridized carbons (Fsp3) is 0.688. The van der Waals surface area contributed by atoms with E-state index in [9.17, 15) is 0 Å². The second-order valence-corrected chi connectivity index (χ2v) is 6.49. The fourth-order valence-corrected chi connectivity index (χ4v) is 2.80. The smallest absolute Gasteiger partial charge is 0.0553 e. The molecule has 1 saturated heterocycles. The molecule has 1 fully saturated rings. The van der Waals surface area contributed by atoms with Crippen LogP contribution in [0, 0.1) is 12.8 Å². The zero-order chi connectivity index (χ0) is 14.0. The van der Waals surface area contributed by atoms with Crippen LogP contribution < -0.4 is 4.90 Å². The van der Waals surface area contributed by atoms with E-state index in [0.717, 1.165) is 18.8 Å². The molecule has 0 unspecified atom stereocenters. The summed E-state index contributed by atoms with van der Waals surface area (Å²) in [6, 6.07) is 4.31. The molecule has 106 valence electrons. The van der Waals surface area contributed by atoms with Crippen molar-refractivity contribution in [2.75, 3.05) is 32.1 Å². The molecule has 1 atom stereocenters. The number of aryl methyl sites for hydroxylation is 1. The van der Waals surface area contributed by atoms with Crippen LogP contribution in [-0.2, 0) is 0 Å². The second kappa shape index (κ2) is 5.49. The number of aromatic nitrogens is 1. The number of piperidine rings is 1. The number of hydrogen-bond acceptors (Lipinski definition) is 3. The van der Waals surface area contributed by atoms with Gasteiger partial charge in [-0.05, 0) is 65.8 Å². The van der Waals surface area contributed by atoms with Crippen molar-refractivity contribution in [3.8, 4) is 0 Å². The van der Waals surface area contributed by atoms with Crippen molar-refractivity contribution in [3.63, 3.8) is 0 Å². The quantitative estimate of drug-likeness (QED) is 0.834. The van der Waals surface area contributed by atoms with Gasteiger partial charge in [-0.3, -0.25) is 4.98 Å². The van der Waals surface area contributed by atoms with Crippen LogP contribution in [0.1, 0.15) is 32.4 Å². The van der Waals surface area contributed by atoms with Crippen LogP contribution in [0.4, 0.5) is 5.69 Å². The number of pyridine rings is 1. The van der Waals surface area contributed by atoms with Crippen molar-refractivity contribution >= 4 is 5.69 Å². The van der Waals surface area contributed by atoms with Gasteiger partial charge in [-0.25, -0.2) is 0 Å². The SMILES string of the molecule is Cc1ccc(N2CCC[C@@H](C(C)(C)N(C)C)C2)cn1. The lowest BCUT2D eigenvalue weighted by molar-refractivity contribution is 0.104. The summed E-state index contributed by atoms with van der Waals surface area (Å²) >= 11 is 0. The van der Waals surface area contributed by atoms with Gasteiger partial charge in [0.05, 0.1) is 11.9 Å². The molecule has 0 amide bonds. The van der Waals surface area contributed by atoms with Crippen LogP contribution >= 0.6 is 0 Å². The van der Waals surface area contributed by atoms with Crippen LogP contribution in [0.2, 0.25) is 0 Å². The lowest BCUT2D eigenvalue weighted by Gasteiger charge is -2.45. The third-order valence-corrected chi connectivity index (χ3v) is 4.83. The van der Waals surface area contributed by atoms with E-state index in [2.05, 4.69) is 54.9 Å². The lowest BCUT2D eigenvalue weighted by atomic mass is 9.80. The summed E-state index contributed by atoms with van der Waals surface area (Å²) in [6.45, 7) is 9.04. The maximum absolute atomic E-state index is 4.42. The Balaban J connectivity index is 2.11. The summed E-state index contributed by atoms with van der Waals surface area (Å²) in [5.74, 6) is 0.706. The zero-order valence-corrected chi connectivity index (χ0v) is 13.0. The van der Waals surface area contributed by atoms with Crippen molar-refractivity contribution in [2.24, 2.45) is 5.92 Å². The van der Waals surface area contributed by atoms with Gasteiger partial charge in [-0.1, -0.05) is 0 Å². The number of hydrogen-bond donors (Lipinski definition) is 0. The highest BCUT2D eigenvalue weighted by Crippen LogP contribution is 2.32. The Kier molecular flexibility index (Phi) is 4.14. The Morgan fingerprint density at radius 3 is 2.63 bits per heavy atom. The standard InChI is InChI=1S/C16H27N3/c1-13-8-9-15(11-17-13)19-10-6-7-14(12-19)16(2,3)18(4)5/h8-9,11,14H,6-7,10,12H2,1-5H3/t14-/m1/s1. The average molecular weight is 261 g/mol. The molecule has 2 heterocycles. The molecule has 3 heteroatoms. The van der Waals surface area contributed by atoms with Gasteiger partial charge in [0, 0.05) is 24.3 Å². The summed E-state index contributed by atoms with van der Waals surface area (Å²) in [6.07, 6.45) is 4.61. The number of nitrogens with zero attached hydrogens (tertiary/aromatic N) is 3. The lowest BCUT2D eigenvalue weighted by Crippen LogP contribution is -2.51. The van der Waals surface area contributed by atoms with Gasteiger partial charge in [0.25, 0.3) is 0 Å². The minimum atomic E-state index is 0.247. The molecule has 0 aliphatic carbocycles. The van der Waals surface area contributed by atoms with Crippen molar-refractivity contribution in [2.45, 2.75) is 39.2 Å². The van der Waals surface area contributed by atoms with Gasteiger partial charge < -0.3 is 9.80 Å². The monoisotopic (exact) mass is 261 g/mol. The summed E-state index contributed by atoms with van der Waals surface area (Å²) in [5, 5.41) is 0. The Hall–Kier alpha value is -1.09. The molecular formula is C16H27N3. The molecule has 1 aromatic rings. The maximum atomic E-state index is 4.42. The number of rotatable bonds is 3. The molecular weight excluding hydrogens is 234 g/mol. The van der Waals surface area contributed by atoms with E-state index in [0.29, 0.717) is 5.92 Å². The highest BCUT2D eigenvalue weighted by atomic mass is 15.2. The summed E-state index contributed by atoms with van der Waals surface area (Å²) in [4.78, 5) is 9.27. The number of anilines is 1. The van der Waals surface area contributed by atoms with E-state index >= 15 is 0 Å². The van der Waals surface area contributed by atoms with Crippen molar-refractivity contribution in [1.29, 1.82) is 0 Å². The highest BCUT2D eigenvalue weighted by molar-refractivity contribution is 5.45.